The fraction of sp³-hybridized carbons (Fsp3) is 0.318. The monoisotopic (exact) mass is 427 g/mol. The van der Waals surface area contributed by atoms with Crippen LogP contribution in [0.5, 0.6) is 0 Å². The summed E-state index contributed by atoms with van der Waals surface area (Å²) in [4.78, 5) is 8.62. The number of aliphatic imine (C=N–C) groups is 1. The molecule has 2 aromatic carbocycles. The fourth-order valence-electron chi connectivity index (χ4n) is 2.73. The number of guanidine groups is 1. The summed E-state index contributed by atoms with van der Waals surface area (Å²) in [5.41, 5.74) is 1.98. The molecule has 0 saturated carbocycles. The SMILES string of the molecule is CN=C(NCc1nc(-c2cccc(Cl)c2)no1)NCC(C)COCc1ccccc1. The van der Waals surface area contributed by atoms with Gasteiger partial charge in [0.15, 0.2) is 5.96 Å². The van der Waals surface area contributed by atoms with Gasteiger partial charge in [-0.2, -0.15) is 4.98 Å². The van der Waals surface area contributed by atoms with E-state index in [1.807, 2.05) is 30.3 Å². The Morgan fingerprint density at radius 3 is 2.77 bits per heavy atom. The Balaban J connectivity index is 1.39. The van der Waals surface area contributed by atoms with E-state index in [1.165, 1.54) is 5.56 Å². The molecule has 0 bridgehead atoms. The smallest absolute Gasteiger partial charge is 0.246 e. The molecule has 3 aromatic rings. The lowest BCUT2D eigenvalue weighted by Crippen LogP contribution is -2.39. The van der Waals surface area contributed by atoms with Crippen molar-refractivity contribution in [3.05, 3.63) is 71.1 Å². The average molecular weight is 428 g/mol. The van der Waals surface area contributed by atoms with Gasteiger partial charge in [-0.15, -0.1) is 0 Å². The highest BCUT2D eigenvalue weighted by molar-refractivity contribution is 6.30. The number of aromatic nitrogens is 2. The van der Waals surface area contributed by atoms with Crippen LogP contribution < -0.4 is 10.6 Å². The van der Waals surface area contributed by atoms with Gasteiger partial charge in [0.05, 0.1) is 19.8 Å². The van der Waals surface area contributed by atoms with E-state index in [2.05, 4.69) is 44.8 Å². The van der Waals surface area contributed by atoms with Crippen LogP contribution in [0.4, 0.5) is 0 Å². The quantitative estimate of drug-likeness (QED) is 0.398. The molecule has 158 valence electrons. The molecule has 0 aliphatic carbocycles. The third-order valence-corrected chi connectivity index (χ3v) is 4.55. The van der Waals surface area contributed by atoms with E-state index in [-0.39, 0.29) is 0 Å². The topological polar surface area (TPSA) is 84.6 Å². The summed E-state index contributed by atoms with van der Waals surface area (Å²) in [6.45, 7) is 4.49. The zero-order valence-corrected chi connectivity index (χ0v) is 17.9. The number of halogens is 1. The van der Waals surface area contributed by atoms with Crippen molar-refractivity contribution < 1.29 is 9.26 Å². The number of benzene rings is 2. The van der Waals surface area contributed by atoms with Crippen LogP contribution in [0.15, 0.2) is 64.1 Å². The van der Waals surface area contributed by atoms with Crippen molar-refractivity contribution in [2.45, 2.75) is 20.1 Å². The van der Waals surface area contributed by atoms with Crippen LogP contribution >= 0.6 is 11.6 Å². The van der Waals surface area contributed by atoms with Crippen LogP contribution in [-0.4, -0.2) is 36.3 Å². The fourth-order valence-corrected chi connectivity index (χ4v) is 2.92. The molecule has 0 radical (unpaired) electrons. The highest BCUT2D eigenvalue weighted by atomic mass is 35.5. The molecule has 0 amide bonds. The summed E-state index contributed by atoms with van der Waals surface area (Å²) in [6.07, 6.45) is 0. The third-order valence-electron chi connectivity index (χ3n) is 4.31. The second-order valence-electron chi connectivity index (χ2n) is 6.93. The molecule has 1 atom stereocenters. The molecule has 0 fully saturated rings. The second kappa shape index (κ2) is 11.3. The standard InChI is InChI=1S/C22H26ClN5O2/c1-16(14-29-15-17-7-4-3-5-8-17)12-25-22(24-2)26-13-20-27-21(28-30-20)18-9-6-10-19(23)11-18/h3-11,16H,12-15H2,1-2H3,(H2,24,25,26). The summed E-state index contributed by atoms with van der Waals surface area (Å²) in [6, 6.07) is 17.5. The van der Waals surface area contributed by atoms with Gasteiger partial charge >= 0.3 is 0 Å². The van der Waals surface area contributed by atoms with Crippen LogP contribution in [-0.2, 0) is 17.9 Å². The molecule has 1 aromatic heterocycles. The van der Waals surface area contributed by atoms with E-state index in [9.17, 15) is 0 Å². The molecular weight excluding hydrogens is 402 g/mol. The third kappa shape index (κ3) is 6.86. The number of hydrogen-bond donors (Lipinski definition) is 2. The largest absolute Gasteiger partial charge is 0.376 e. The summed E-state index contributed by atoms with van der Waals surface area (Å²) < 4.78 is 11.1. The van der Waals surface area contributed by atoms with Crippen molar-refractivity contribution >= 4 is 17.6 Å². The molecule has 30 heavy (non-hydrogen) atoms. The minimum atomic E-state index is 0.324. The van der Waals surface area contributed by atoms with Gasteiger partial charge in [-0.05, 0) is 23.6 Å². The summed E-state index contributed by atoms with van der Waals surface area (Å²) in [7, 11) is 1.72. The minimum absolute atomic E-state index is 0.324. The van der Waals surface area contributed by atoms with Crippen molar-refractivity contribution in [2.75, 3.05) is 20.2 Å². The molecule has 1 heterocycles. The first-order valence-electron chi connectivity index (χ1n) is 9.78. The van der Waals surface area contributed by atoms with E-state index in [1.54, 1.807) is 19.2 Å². The van der Waals surface area contributed by atoms with Crippen molar-refractivity contribution in [2.24, 2.45) is 10.9 Å². The van der Waals surface area contributed by atoms with Gasteiger partial charge in [0.25, 0.3) is 0 Å². The Morgan fingerprint density at radius 1 is 1.17 bits per heavy atom. The minimum Gasteiger partial charge on any atom is -0.376 e. The number of rotatable bonds is 9. The Labute approximate surface area is 181 Å². The number of ether oxygens (including phenoxy) is 1. The molecule has 0 aliphatic heterocycles. The highest BCUT2D eigenvalue weighted by Gasteiger charge is 2.10. The predicted molar refractivity (Wildman–Crippen MR) is 118 cm³/mol. The number of nitrogens with zero attached hydrogens (tertiary/aromatic N) is 3. The lowest BCUT2D eigenvalue weighted by atomic mass is 10.2. The highest BCUT2D eigenvalue weighted by Crippen LogP contribution is 2.19. The van der Waals surface area contributed by atoms with E-state index < -0.39 is 0 Å². The van der Waals surface area contributed by atoms with Crippen LogP contribution in [0.25, 0.3) is 11.4 Å². The van der Waals surface area contributed by atoms with Crippen molar-refractivity contribution in [1.82, 2.24) is 20.8 Å². The van der Waals surface area contributed by atoms with Crippen LogP contribution in [0.1, 0.15) is 18.4 Å². The van der Waals surface area contributed by atoms with Crippen molar-refractivity contribution in [3.63, 3.8) is 0 Å². The summed E-state index contributed by atoms with van der Waals surface area (Å²) >= 11 is 6.01. The molecule has 0 spiro atoms. The van der Waals surface area contributed by atoms with Crippen LogP contribution in [0.3, 0.4) is 0 Å². The van der Waals surface area contributed by atoms with Crippen molar-refractivity contribution in [1.29, 1.82) is 0 Å². The Hall–Kier alpha value is -2.90. The zero-order valence-electron chi connectivity index (χ0n) is 17.1. The number of hydrogen-bond acceptors (Lipinski definition) is 5. The average Bonchev–Trinajstić information content (AvgIpc) is 3.24. The molecule has 7 nitrogen and oxygen atoms in total. The molecular formula is C22H26ClN5O2. The molecule has 2 N–H and O–H groups in total. The van der Waals surface area contributed by atoms with E-state index in [0.29, 0.717) is 48.4 Å². The Morgan fingerprint density at radius 2 is 2.00 bits per heavy atom. The van der Waals surface area contributed by atoms with E-state index in [4.69, 9.17) is 20.9 Å². The molecule has 1 unspecified atom stereocenters. The van der Waals surface area contributed by atoms with E-state index >= 15 is 0 Å². The maximum atomic E-state index is 6.01. The molecule has 0 saturated heterocycles. The Kier molecular flexibility index (Phi) is 8.23. The predicted octanol–water partition coefficient (Wildman–Crippen LogP) is 3.91. The van der Waals surface area contributed by atoms with Gasteiger partial charge in [0, 0.05) is 24.2 Å². The first-order valence-corrected chi connectivity index (χ1v) is 10.2. The second-order valence-corrected chi connectivity index (χ2v) is 7.37. The van der Waals surface area contributed by atoms with Crippen LogP contribution in [0.2, 0.25) is 5.02 Å². The summed E-state index contributed by atoms with van der Waals surface area (Å²) in [5.74, 6) is 1.95. The Bertz CT molecular complexity index is 945. The summed E-state index contributed by atoms with van der Waals surface area (Å²) in [5, 5.41) is 11.1. The van der Waals surface area contributed by atoms with Crippen molar-refractivity contribution in [3.8, 4) is 11.4 Å². The molecule has 3 rings (SSSR count). The maximum absolute atomic E-state index is 6.01. The first kappa shape index (κ1) is 21.8. The first-order chi connectivity index (χ1) is 14.6. The lowest BCUT2D eigenvalue weighted by Gasteiger charge is -2.15. The number of nitrogens with one attached hydrogen (secondary N) is 2. The van der Waals surface area contributed by atoms with Crippen LogP contribution in [0, 0.1) is 5.92 Å². The van der Waals surface area contributed by atoms with Gasteiger partial charge in [-0.25, -0.2) is 0 Å². The maximum Gasteiger partial charge on any atom is 0.246 e. The van der Waals surface area contributed by atoms with Gasteiger partial charge in [-0.1, -0.05) is 66.1 Å². The molecule has 8 heteroatoms. The van der Waals surface area contributed by atoms with Gasteiger partial charge in [0.2, 0.25) is 11.7 Å². The van der Waals surface area contributed by atoms with E-state index in [0.717, 1.165) is 12.1 Å². The van der Waals surface area contributed by atoms with Gasteiger partial charge in [-0.3, -0.25) is 4.99 Å². The molecule has 0 aliphatic rings. The van der Waals surface area contributed by atoms with Gasteiger partial charge < -0.3 is 19.9 Å². The normalized spacial score (nSPS) is 12.6. The lowest BCUT2D eigenvalue weighted by molar-refractivity contribution is 0.0931. The van der Waals surface area contributed by atoms with Gasteiger partial charge in [0.1, 0.15) is 0 Å². The zero-order chi connectivity index (χ0) is 21.2.